The fourth-order valence-electron chi connectivity index (χ4n) is 1.85. The number of benzene rings is 1. The van der Waals surface area contributed by atoms with Crippen molar-refractivity contribution in [3.8, 4) is 11.3 Å². The molecule has 1 nitrogen and oxygen atoms in total. The topological polar surface area (TPSA) is 12.9 Å². The highest BCUT2D eigenvalue weighted by atomic mass is 19.1. The van der Waals surface area contributed by atoms with Crippen molar-refractivity contribution < 1.29 is 4.39 Å². The van der Waals surface area contributed by atoms with Crippen LogP contribution in [0.1, 0.15) is 19.4 Å². The summed E-state index contributed by atoms with van der Waals surface area (Å²) in [6.45, 7) is 4.39. The average molecular weight is 229 g/mol. The molecule has 0 radical (unpaired) electrons. The predicted molar refractivity (Wildman–Crippen MR) is 68.2 cm³/mol. The first kappa shape index (κ1) is 11.8. The van der Waals surface area contributed by atoms with Crippen LogP contribution in [0.2, 0.25) is 0 Å². The van der Waals surface area contributed by atoms with Gasteiger partial charge in [0.25, 0.3) is 0 Å². The van der Waals surface area contributed by atoms with Gasteiger partial charge in [-0.25, -0.2) is 4.39 Å². The molecule has 0 saturated carbocycles. The molecule has 0 bridgehead atoms. The van der Waals surface area contributed by atoms with Crippen LogP contribution in [-0.4, -0.2) is 4.98 Å². The van der Waals surface area contributed by atoms with E-state index in [0.29, 0.717) is 11.6 Å². The Morgan fingerprint density at radius 1 is 1.12 bits per heavy atom. The number of rotatable bonds is 3. The normalized spacial score (nSPS) is 10.8. The summed E-state index contributed by atoms with van der Waals surface area (Å²) in [6.07, 6.45) is 2.56. The Labute approximate surface area is 101 Å². The molecule has 0 aliphatic rings. The van der Waals surface area contributed by atoms with Gasteiger partial charge in [0.2, 0.25) is 0 Å². The van der Waals surface area contributed by atoms with Gasteiger partial charge in [-0.1, -0.05) is 38.1 Å². The second kappa shape index (κ2) is 5.09. The molecule has 0 N–H and O–H groups in total. The average Bonchev–Trinajstić information content (AvgIpc) is 2.29. The van der Waals surface area contributed by atoms with E-state index in [1.165, 1.54) is 23.9 Å². The van der Waals surface area contributed by atoms with Crippen LogP contribution >= 0.6 is 0 Å². The molecule has 2 aromatic rings. The minimum Gasteiger partial charge on any atom is -0.256 e. The molecule has 17 heavy (non-hydrogen) atoms. The number of hydrogen-bond acceptors (Lipinski definition) is 1. The minimum absolute atomic E-state index is 0.249. The Kier molecular flexibility index (Phi) is 3.52. The maximum absolute atomic E-state index is 13.1. The van der Waals surface area contributed by atoms with Gasteiger partial charge in [-0.2, -0.15) is 0 Å². The van der Waals surface area contributed by atoms with E-state index in [0.717, 1.165) is 12.0 Å². The summed E-state index contributed by atoms with van der Waals surface area (Å²) < 4.78 is 13.1. The first-order valence-electron chi connectivity index (χ1n) is 5.86. The van der Waals surface area contributed by atoms with Crippen molar-refractivity contribution in [2.75, 3.05) is 0 Å². The smallest absolute Gasteiger partial charge is 0.126 e. The molecular weight excluding hydrogens is 213 g/mol. The molecule has 88 valence electrons. The highest BCUT2D eigenvalue weighted by Crippen LogP contribution is 2.19. The van der Waals surface area contributed by atoms with Gasteiger partial charge in [-0.05, 0) is 24.0 Å². The third kappa shape index (κ3) is 3.13. The van der Waals surface area contributed by atoms with E-state index in [1.807, 2.05) is 12.1 Å². The van der Waals surface area contributed by atoms with Gasteiger partial charge in [0, 0.05) is 17.8 Å². The lowest BCUT2D eigenvalue weighted by Crippen LogP contribution is -1.93. The number of nitrogens with zero attached hydrogens (tertiary/aromatic N) is 1. The van der Waals surface area contributed by atoms with E-state index in [9.17, 15) is 4.39 Å². The lowest BCUT2D eigenvalue weighted by atomic mass is 10.0. The summed E-state index contributed by atoms with van der Waals surface area (Å²) >= 11 is 0. The standard InChI is InChI=1S/C15H16FN/c1-11(2)9-12-3-5-13(6-4-12)15-10-14(16)7-8-17-15/h3-8,10-11H,9H2,1-2H3. The molecule has 0 amide bonds. The second-order valence-corrected chi connectivity index (χ2v) is 4.65. The Balaban J connectivity index is 2.23. The van der Waals surface area contributed by atoms with Crippen molar-refractivity contribution in [1.29, 1.82) is 0 Å². The van der Waals surface area contributed by atoms with Crippen molar-refractivity contribution in [2.45, 2.75) is 20.3 Å². The Bertz CT molecular complexity index is 489. The summed E-state index contributed by atoms with van der Waals surface area (Å²) in [4.78, 5) is 4.16. The van der Waals surface area contributed by atoms with Crippen LogP contribution in [-0.2, 0) is 6.42 Å². The molecule has 0 aliphatic heterocycles. The zero-order valence-corrected chi connectivity index (χ0v) is 10.2. The highest BCUT2D eigenvalue weighted by molar-refractivity contribution is 5.59. The lowest BCUT2D eigenvalue weighted by molar-refractivity contribution is 0.626. The van der Waals surface area contributed by atoms with Crippen LogP contribution < -0.4 is 0 Å². The zero-order valence-electron chi connectivity index (χ0n) is 10.2. The fourth-order valence-corrected chi connectivity index (χ4v) is 1.85. The van der Waals surface area contributed by atoms with E-state index in [-0.39, 0.29) is 5.82 Å². The Morgan fingerprint density at radius 3 is 2.41 bits per heavy atom. The summed E-state index contributed by atoms with van der Waals surface area (Å²) in [7, 11) is 0. The molecule has 0 spiro atoms. The van der Waals surface area contributed by atoms with Gasteiger partial charge in [-0.15, -0.1) is 0 Å². The highest BCUT2D eigenvalue weighted by Gasteiger charge is 2.02. The molecule has 1 aromatic heterocycles. The van der Waals surface area contributed by atoms with Crippen LogP contribution in [0.15, 0.2) is 42.6 Å². The number of aromatic nitrogens is 1. The van der Waals surface area contributed by atoms with Crippen LogP contribution in [0.5, 0.6) is 0 Å². The van der Waals surface area contributed by atoms with Gasteiger partial charge in [0.05, 0.1) is 5.69 Å². The van der Waals surface area contributed by atoms with E-state index in [2.05, 4.69) is 31.0 Å². The molecule has 1 aromatic carbocycles. The molecule has 1 heterocycles. The van der Waals surface area contributed by atoms with Crippen molar-refractivity contribution in [3.63, 3.8) is 0 Å². The second-order valence-electron chi connectivity index (χ2n) is 4.65. The van der Waals surface area contributed by atoms with Gasteiger partial charge in [-0.3, -0.25) is 4.98 Å². The Morgan fingerprint density at radius 2 is 1.82 bits per heavy atom. The van der Waals surface area contributed by atoms with Crippen LogP contribution in [0, 0.1) is 11.7 Å². The van der Waals surface area contributed by atoms with E-state index < -0.39 is 0 Å². The number of pyridine rings is 1. The predicted octanol–water partition coefficient (Wildman–Crippen LogP) is 4.09. The summed E-state index contributed by atoms with van der Waals surface area (Å²) in [5, 5.41) is 0. The van der Waals surface area contributed by atoms with Crippen LogP contribution in [0.4, 0.5) is 4.39 Å². The molecule has 2 rings (SSSR count). The number of hydrogen-bond donors (Lipinski definition) is 0. The molecule has 2 heteroatoms. The third-order valence-electron chi connectivity index (χ3n) is 2.62. The molecule has 0 atom stereocenters. The summed E-state index contributed by atoms with van der Waals surface area (Å²) in [5.74, 6) is 0.398. The van der Waals surface area contributed by atoms with Crippen molar-refractivity contribution in [2.24, 2.45) is 5.92 Å². The lowest BCUT2D eigenvalue weighted by Gasteiger charge is -2.06. The molecule has 0 fully saturated rings. The fraction of sp³-hybridized carbons (Fsp3) is 0.267. The maximum atomic E-state index is 13.1. The van der Waals surface area contributed by atoms with E-state index in [1.54, 1.807) is 0 Å². The maximum Gasteiger partial charge on any atom is 0.126 e. The van der Waals surface area contributed by atoms with Gasteiger partial charge in [0.15, 0.2) is 0 Å². The number of halogens is 1. The zero-order chi connectivity index (χ0) is 12.3. The largest absolute Gasteiger partial charge is 0.256 e. The molecule has 0 aliphatic carbocycles. The minimum atomic E-state index is -0.249. The van der Waals surface area contributed by atoms with Crippen LogP contribution in [0.3, 0.4) is 0 Å². The Hall–Kier alpha value is -1.70. The summed E-state index contributed by atoms with van der Waals surface area (Å²) in [5.41, 5.74) is 2.94. The van der Waals surface area contributed by atoms with Gasteiger partial charge in [0.1, 0.15) is 5.82 Å². The third-order valence-corrected chi connectivity index (χ3v) is 2.62. The SMILES string of the molecule is CC(C)Cc1ccc(-c2cc(F)ccn2)cc1. The molecule has 0 saturated heterocycles. The monoisotopic (exact) mass is 229 g/mol. The van der Waals surface area contributed by atoms with Gasteiger partial charge >= 0.3 is 0 Å². The van der Waals surface area contributed by atoms with Gasteiger partial charge < -0.3 is 0 Å². The van der Waals surface area contributed by atoms with Crippen LogP contribution in [0.25, 0.3) is 11.3 Å². The molecular formula is C15H16FN. The first-order valence-corrected chi connectivity index (χ1v) is 5.86. The van der Waals surface area contributed by atoms with Crippen molar-refractivity contribution in [1.82, 2.24) is 4.98 Å². The summed E-state index contributed by atoms with van der Waals surface area (Å²) in [6, 6.07) is 11.0. The van der Waals surface area contributed by atoms with Crippen molar-refractivity contribution in [3.05, 3.63) is 54.0 Å². The molecule has 0 unspecified atom stereocenters. The first-order chi connectivity index (χ1) is 8.15. The quantitative estimate of drug-likeness (QED) is 0.772. The van der Waals surface area contributed by atoms with E-state index in [4.69, 9.17) is 0 Å². The van der Waals surface area contributed by atoms with Crippen molar-refractivity contribution >= 4 is 0 Å². The van der Waals surface area contributed by atoms with E-state index >= 15 is 0 Å².